The molecule has 9 nitrogen and oxygen atoms in total. The van der Waals surface area contributed by atoms with Gasteiger partial charge in [0.1, 0.15) is 17.1 Å². The Hall–Kier alpha value is -3.80. The zero-order valence-electron chi connectivity index (χ0n) is 20.5. The van der Waals surface area contributed by atoms with Crippen LogP contribution < -0.4 is 20.1 Å². The first-order valence-electron chi connectivity index (χ1n) is 12.0. The quantitative estimate of drug-likeness (QED) is 0.229. The van der Waals surface area contributed by atoms with Crippen LogP contribution in [0, 0.1) is 17.4 Å². The molecule has 3 rings (SSSR count). The monoisotopic (exact) mass is 478 g/mol. The van der Waals surface area contributed by atoms with Gasteiger partial charge in [-0.05, 0) is 49.4 Å². The van der Waals surface area contributed by atoms with Crippen LogP contribution in [0.3, 0.4) is 0 Å². The van der Waals surface area contributed by atoms with Crippen LogP contribution in [0.5, 0.6) is 11.5 Å². The zero-order chi connectivity index (χ0) is 24.9. The van der Waals surface area contributed by atoms with Crippen molar-refractivity contribution in [3.63, 3.8) is 0 Å². The van der Waals surface area contributed by atoms with Gasteiger partial charge in [-0.15, -0.1) is 4.99 Å². The number of anilines is 1. The van der Waals surface area contributed by atoms with E-state index in [1.807, 2.05) is 29.3 Å². The molecule has 1 amide bonds. The van der Waals surface area contributed by atoms with Crippen LogP contribution in [0.4, 0.5) is 5.69 Å². The van der Waals surface area contributed by atoms with Gasteiger partial charge in [0.2, 0.25) is 12.2 Å². The van der Waals surface area contributed by atoms with Gasteiger partial charge in [-0.25, -0.2) is 0 Å². The number of amides is 1. The van der Waals surface area contributed by atoms with Crippen molar-refractivity contribution < 1.29 is 14.3 Å². The first-order chi connectivity index (χ1) is 17.2. The minimum absolute atomic E-state index is 0.0287. The summed E-state index contributed by atoms with van der Waals surface area (Å²) in [6.07, 6.45) is 11.6. The number of nitrogens with one attached hydrogen (secondary N) is 2. The van der Waals surface area contributed by atoms with Crippen LogP contribution in [0.25, 0.3) is 0 Å². The summed E-state index contributed by atoms with van der Waals surface area (Å²) in [5.74, 6) is 2.14. The second-order valence-electron chi connectivity index (χ2n) is 8.47. The van der Waals surface area contributed by atoms with Gasteiger partial charge in [-0.3, -0.25) is 9.78 Å². The number of ether oxygens (including phenoxy) is 2. The standard InChI is InChI=1S/C26H34N6O3/c1-34-22-8-6-9-23(35-2)24(22)25(33)32-17-12-20(13-18-32)7-4-3-5-14-29-26(30-19-27)31-21-10-15-28-16-11-21/h6,8-11,15-16,20H,3-5,7,12-14,17-18H2,1-2H3,(H2,28,29,30,31). The van der Waals surface area contributed by atoms with E-state index in [9.17, 15) is 4.79 Å². The summed E-state index contributed by atoms with van der Waals surface area (Å²) in [5, 5.41) is 15.2. The molecule has 1 aliphatic rings. The lowest BCUT2D eigenvalue weighted by molar-refractivity contribution is 0.0678. The highest BCUT2D eigenvalue weighted by atomic mass is 16.5. The Morgan fingerprint density at radius 3 is 2.43 bits per heavy atom. The minimum atomic E-state index is -0.0287. The number of pyridine rings is 1. The molecule has 2 N–H and O–H groups in total. The molecule has 0 unspecified atom stereocenters. The summed E-state index contributed by atoms with van der Waals surface area (Å²) in [7, 11) is 3.14. The molecule has 2 heterocycles. The van der Waals surface area contributed by atoms with Crippen LogP contribution >= 0.6 is 0 Å². The molecule has 0 atom stereocenters. The molecule has 0 radical (unpaired) electrons. The third-order valence-corrected chi connectivity index (χ3v) is 6.23. The van der Waals surface area contributed by atoms with Crippen molar-refractivity contribution in [3.05, 3.63) is 48.3 Å². The number of aliphatic imine (C=N–C) groups is 1. The summed E-state index contributed by atoms with van der Waals surface area (Å²) in [5.41, 5.74) is 1.33. The number of methoxy groups -OCH3 is 2. The molecular formula is C26H34N6O3. The number of benzene rings is 1. The van der Waals surface area contributed by atoms with Crippen molar-refractivity contribution in [2.75, 3.05) is 39.2 Å². The molecule has 0 spiro atoms. The lowest BCUT2D eigenvalue weighted by Crippen LogP contribution is -2.38. The predicted molar refractivity (Wildman–Crippen MR) is 136 cm³/mol. The largest absolute Gasteiger partial charge is 0.496 e. The summed E-state index contributed by atoms with van der Waals surface area (Å²) >= 11 is 0. The molecule has 35 heavy (non-hydrogen) atoms. The smallest absolute Gasteiger partial charge is 0.261 e. The van der Waals surface area contributed by atoms with Gasteiger partial charge >= 0.3 is 0 Å². The Morgan fingerprint density at radius 1 is 1.11 bits per heavy atom. The van der Waals surface area contributed by atoms with Gasteiger partial charge in [0, 0.05) is 37.7 Å². The highest BCUT2D eigenvalue weighted by Crippen LogP contribution is 2.31. The Bertz CT molecular complexity index is 991. The predicted octanol–water partition coefficient (Wildman–Crippen LogP) is 4.05. The Kier molecular flexibility index (Phi) is 10.2. The van der Waals surface area contributed by atoms with Crippen LogP contribution in [0.15, 0.2) is 47.7 Å². The SMILES string of the molecule is COc1cccc(OC)c1C(=O)N1CCC(CCCCCN/C(=N\C#N)Nc2ccncc2)CC1. The number of nitriles is 1. The second kappa shape index (κ2) is 13.8. The van der Waals surface area contributed by atoms with Crippen molar-refractivity contribution in [1.29, 1.82) is 5.26 Å². The van der Waals surface area contributed by atoms with Crippen molar-refractivity contribution in [1.82, 2.24) is 15.2 Å². The summed E-state index contributed by atoms with van der Waals surface area (Å²) in [4.78, 5) is 22.8. The number of guanidine groups is 1. The summed E-state index contributed by atoms with van der Waals surface area (Å²) in [6, 6.07) is 9.05. The summed E-state index contributed by atoms with van der Waals surface area (Å²) in [6.45, 7) is 2.24. The molecule has 1 aliphatic heterocycles. The molecule has 1 fully saturated rings. The number of aromatic nitrogens is 1. The van der Waals surface area contributed by atoms with E-state index in [2.05, 4.69) is 20.6 Å². The summed E-state index contributed by atoms with van der Waals surface area (Å²) < 4.78 is 10.8. The maximum absolute atomic E-state index is 13.1. The van der Waals surface area contributed by atoms with Crippen LogP contribution in [-0.2, 0) is 0 Å². The van der Waals surface area contributed by atoms with Crippen LogP contribution in [0.2, 0.25) is 0 Å². The molecule has 1 saturated heterocycles. The van der Waals surface area contributed by atoms with E-state index in [1.54, 1.807) is 38.7 Å². The highest BCUT2D eigenvalue weighted by Gasteiger charge is 2.27. The maximum atomic E-state index is 13.1. The van der Waals surface area contributed by atoms with E-state index >= 15 is 0 Å². The normalized spacial score (nSPS) is 14.2. The van der Waals surface area contributed by atoms with Gasteiger partial charge in [0.05, 0.1) is 14.2 Å². The van der Waals surface area contributed by atoms with Crippen molar-refractivity contribution in [3.8, 4) is 17.7 Å². The molecule has 2 aromatic rings. The van der Waals surface area contributed by atoms with E-state index in [0.29, 0.717) is 28.9 Å². The lowest BCUT2D eigenvalue weighted by Gasteiger charge is -2.32. The molecular weight excluding hydrogens is 444 g/mol. The second-order valence-corrected chi connectivity index (χ2v) is 8.47. The number of unbranched alkanes of at least 4 members (excludes halogenated alkanes) is 2. The van der Waals surface area contributed by atoms with Crippen LogP contribution in [-0.4, -0.2) is 55.6 Å². The van der Waals surface area contributed by atoms with E-state index in [-0.39, 0.29) is 5.91 Å². The maximum Gasteiger partial charge on any atom is 0.261 e. The van der Waals surface area contributed by atoms with Gasteiger partial charge in [-0.1, -0.05) is 25.3 Å². The fourth-order valence-electron chi connectivity index (χ4n) is 4.32. The number of nitrogens with zero attached hydrogens (tertiary/aromatic N) is 4. The van der Waals surface area contributed by atoms with Crippen molar-refractivity contribution in [2.45, 2.75) is 38.5 Å². The van der Waals surface area contributed by atoms with Crippen molar-refractivity contribution >= 4 is 17.6 Å². The number of hydrogen-bond acceptors (Lipinski definition) is 6. The topological polar surface area (TPSA) is 112 Å². The number of carbonyl (C=O) groups is 1. The molecule has 1 aromatic heterocycles. The van der Waals surface area contributed by atoms with Crippen LogP contribution in [0.1, 0.15) is 48.9 Å². The highest BCUT2D eigenvalue weighted by molar-refractivity contribution is 5.99. The lowest BCUT2D eigenvalue weighted by atomic mass is 9.91. The number of piperidine rings is 1. The Labute approximate surface area is 207 Å². The van der Waals surface area contributed by atoms with Crippen molar-refractivity contribution in [2.24, 2.45) is 10.9 Å². The third kappa shape index (κ3) is 7.60. The average molecular weight is 479 g/mol. The molecule has 0 aliphatic carbocycles. The van der Waals surface area contributed by atoms with Gasteiger partial charge < -0.3 is 25.0 Å². The van der Waals surface area contributed by atoms with Gasteiger partial charge in [0.25, 0.3) is 5.91 Å². The zero-order valence-corrected chi connectivity index (χ0v) is 20.5. The number of rotatable bonds is 10. The fraction of sp³-hybridized carbons (Fsp3) is 0.462. The fourth-order valence-corrected chi connectivity index (χ4v) is 4.32. The molecule has 186 valence electrons. The Morgan fingerprint density at radius 2 is 1.80 bits per heavy atom. The van der Waals surface area contributed by atoms with E-state index < -0.39 is 0 Å². The molecule has 9 heteroatoms. The van der Waals surface area contributed by atoms with Gasteiger partial charge in [-0.2, -0.15) is 5.26 Å². The van der Waals surface area contributed by atoms with E-state index in [1.165, 1.54) is 0 Å². The molecule has 1 aromatic carbocycles. The molecule has 0 bridgehead atoms. The van der Waals surface area contributed by atoms with E-state index in [4.69, 9.17) is 14.7 Å². The molecule has 0 saturated carbocycles. The number of carbonyl (C=O) groups excluding carboxylic acids is 1. The first-order valence-corrected chi connectivity index (χ1v) is 12.0. The number of likely N-dealkylation sites (tertiary alicyclic amines) is 1. The third-order valence-electron chi connectivity index (χ3n) is 6.23. The average Bonchev–Trinajstić information content (AvgIpc) is 2.90. The first kappa shape index (κ1) is 25.8. The van der Waals surface area contributed by atoms with E-state index in [0.717, 1.165) is 63.8 Å². The number of hydrogen-bond donors (Lipinski definition) is 2. The Balaban J connectivity index is 1.35. The van der Waals surface area contributed by atoms with Gasteiger partial charge in [0.15, 0.2) is 0 Å². The minimum Gasteiger partial charge on any atom is -0.496 e.